The molecular weight excluding hydrogens is 302 g/mol. The zero-order valence-electron chi connectivity index (χ0n) is 14.2. The van der Waals surface area contributed by atoms with Crippen LogP contribution in [-0.2, 0) is 11.8 Å². The van der Waals surface area contributed by atoms with Crippen LogP contribution in [0.3, 0.4) is 0 Å². The van der Waals surface area contributed by atoms with Crippen LogP contribution in [0.25, 0.3) is 10.9 Å². The largest absolute Gasteiger partial charge is 0.490 e. The standard InChI is InChI=1S/C19H25N3O2/c1-21-11-9-15-16(21)4-2-6-18(15)24-14-7-12-22(13-8-14)17-5-3-10-20-19(17)23/h2,4,6,9,11,14,17H,3,5,7-8,10,12-13H2,1H3,(H,20,23). The predicted octanol–water partition coefficient (Wildman–Crippen LogP) is 2.30. The molecule has 1 N–H and O–H groups in total. The molecule has 1 unspecified atom stereocenters. The number of hydrogen-bond acceptors (Lipinski definition) is 3. The molecule has 1 aromatic carbocycles. The van der Waals surface area contributed by atoms with Gasteiger partial charge in [0.25, 0.3) is 0 Å². The predicted molar refractivity (Wildman–Crippen MR) is 94.2 cm³/mol. The molecule has 2 fully saturated rings. The number of ether oxygens (including phenoxy) is 1. The van der Waals surface area contributed by atoms with E-state index in [0.717, 1.165) is 51.1 Å². The first-order valence-corrected chi connectivity index (χ1v) is 8.95. The topological polar surface area (TPSA) is 46.5 Å². The highest BCUT2D eigenvalue weighted by Crippen LogP contribution is 2.29. The number of benzene rings is 1. The monoisotopic (exact) mass is 327 g/mol. The van der Waals surface area contributed by atoms with Gasteiger partial charge in [0, 0.05) is 38.3 Å². The molecule has 0 saturated carbocycles. The summed E-state index contributed by atoms with van der Waals surface area (Å²) < 4.78 is 8.42. The second kappa shape index (κ2) is 6.48. The summed E-state index contributed by atoms with van der Waals surface area (Å²) in [6.07, 6.45) is 6.34. The van der Waals surface area contributed by atoms with Gasteiger partial charge in [0.05, 0.1) is 11.6 Å². The smallest absolute Gasteiger partial charge is 0.237 e. The first kappa shape index (κ1) is 15.5. The number of carbonyl (C=O) groups excluding carboxylic acids is 1. The van der Waals surface area contributed by atoms with Gasteiger partial charge in [-0.05, 0) is 43.9 Å². The van der Waals surface area contributed by atoms with Gasteiger partial charge in [-0.2, -0.15) is 0 Å². The Morgan fingerprint density at radius 3 is 2.79 bits per heavy atom. The highest BCUT2D eigenvalue weighted by molar-refractivity contribution is 5.86. The first-order valence-electron chi connectivity index (χ1n) is 8.95. The Kier molecular flexibility index (Phi) is 4.19. The molecule has 128 valence electrons. The molecule has 4 rings (SSSR count). The van der Waals surface area contributed by atoms with Gasteiger partial charge in [0.1, 0.15) is 11.9 Å². The average molecular weight is 327 g/mol. The molecule has 2 saturated heterocycles. The van der Waals surface area contributed by atoms with Crippen LogP contribution < -0.4 is 10.1 Å². The minimum absolute atomic E-state index is 0.0669. The zero-order chi connectivity index (χ0) is 16.5. The Morgan fingerprint density at radius 2 is 2.00 bits per heavy atom. The van der Waals surface area contributed by atoms with Crippen molar-refractivity contribution in [2.75, 3.05) is 19.6 Å². The second-order valence-corrected chi connectivity index (χ2v) is 6.92. The van der Waals surface area contributed by atoms with E-state index < -0.39 is 0 Å². The molecule has 1 aromatic heterocycles. The Labute approximate surface area is 142 Å². The molecule has 0 bridgehead atoms. The lowest BCUT2D eigenvalue weighted by molar-refractivity contribution is -0.129. The Hall–Kier alpha value is -2.01. The van der Waals surface area contributed by atoms with Gasteiger partial charge in [-0.3, -0.25) is 9.69 Å². The molecule has 0 radical (unpaired) electrons. The van der Waals surface area contributed by atoms with Crippen molar-refractivity contribution < 1.29 is 9.53 Å². The van der Waals surface area contributed by atoms with Crippen molar-refractivity contribution in [2.24, 2.45) is 7.05 Å². The lowest BCUT2D eigenvalue weighted by atomic mass is 10.00. The van der Waals surface area contributed by atoms with Crippen molar-refractivity contribution >= 4 is 16.8 Å². The van der Waals surface area contributed by atoms with Crippen LogP contribution >= 0.6 is 0 Å². The van der Waals surface area contributed by atoms with E-state index in [2.05, 4.69) is 52.3 Å². The van der Waals surface area contributed by atoms with Gasteiger partial charge in [-0.15, -0.1) is 0 Å². The quantitative estimate of drug-likeness (QED) is 0.941. The molecule has 3 heterocycles. The minimum atomic E-state index is 0.0669. The summed E-state index contributed by atoms with van der Waals surface area (Å²) in [6.45, 7) is 2.71. The Morgan fingerprint density at radius 1 is 1.17 bits per heavy atom. The molecule has 0 aliphatic carbocycles. The minimum Gasteiger partial charge on any atom is -0.490 e. The summed E-state index contributed by atoms with van der Waals surface area (Å²) in [4.78, 5) is 14.4. The van der Waals surface area contributed by atoms with Crippen molar-refractivity contribution in [3.63, 3.8) is 0 Å². The van der Waals surface area contributed by atoms with Crippen molar-refractivity contribution in [3.8, 4) is 5.75 Å². The average Bonchev–Trinajstić information content (AvgIpc) is 2.99. The van der Waals surface area contributed by atoms with Crippen LogP contribution in [0.1, 0.15) is 25.7 Å². The van der Waals surface area contributed by atoms with Crippen LogP contribution in [0.4, 0.5) is 0 Å². The maximum atomic E-state index is 12.0. The number of aromatic nitrogens is 1. The van der Waals surface area contributed by atoms with Gasteiger partial charge in [-0.25, -0.2) is 0 Å². The van der Waals surface area contributed by atoms with Gasteiger partial charge >= 0.3 is 0 Å². The summed E-state index contributed by atoms with van der Waals surface area (Å²) in [6, 6.07) is 8.42. The van der Waals surface area contributed by atoms with E-state index in [1.807, 2.05) is 0 Å². The van der Waals surface area contributed by atoms with Crippen molar-refractivity contribution in [1.29, 1.82) is 0 Å². The number of likely N-dealkylation sites (tertiary alicyclic amines) is 1. The summed E-state index contributed by atoms with van der Waals surface area (Å²) in [5.41, 5.74) is 1.20. The Balaban J connectivity index is 1.40. The second-order valence-electron chi connectivity index (χ2n) is 6.92. The van der Waals surface area contributed by atoms with Crippen LogP contribution in [0.2, 0.25) is 0 Å². The zero-order valence-corrected chi connectivity index (χ0v) is 14.2. The van der Waals surface area contributed by atoms with Crippen LogP contribution in [0.15, 0.2) is 30.5 Å². The number of rotatable bonds is 3. The number of nitrogens with one attached hydrogen (secondary N) is 1. The number of fused-ring (bicyclic) bond motifs is 1. The highest BCUT2D eigenvalue weighted by atomic mass is 16.5. The van der Waals surface area contributed by atoms with E-state index in [9.17, 15) is 4.79 Å². The Bertz CT molecular complexity index is 731. The molecule has 1 atom stereocenters. The van der Waals surface area contributed by atoms with E-state index in [-0.39, 0.29) is 18.1 Å². The molecule has 5 heteroatoms. The van der Waals surface area contributed by atoms with Gasteiger partial charge in [0.15, 0.2) is 0 Å². The summed E-state index contributed by atoms with van der Waals surface area (Å²) >= 11 is 0. The molecule has 24 heavy (non-hydrogen) atoms. The third-order valence-electron chi connectivity index (χ3n) is 5.36. The number of piperidine rings is 2. The van der Waals surface area contributed by atoms with E-state index >= 15 is 0 Å². The number of amides is 1. The maximum Gasteiger partial charge on any atom is 0.237 e. The molecule has 5 nitrogen and oxygen atoms in total. The number of carbonyl (C=O) groups is 1. The summed E-state index contributed by atoms with van der Waals surface area (Å²) in [5, 5.41) is 4.16. The third-order valence-corrected chi connectivity index (χ3v) is 5.36. The molecule has 2 aromatic rings. The van der Waals surface area contributed by atoms with Gasteiger partial charge < -0.3 is 14.6 Å². The normalized spacial score (nSPS) is 23.4. The molecule has 1 amide bonds. The fraction of sp³-hybridized carbons (Fsp3) is 0.526. The van der Waals surface area contributed by atoms with E-state index in [1.165, 1.54) is 10.9 Å². The van der Waals surface area contributed by atoms with E-state index in [4.69, 9.17) is 4.74 Å². The lowest BCUT2D eigenvalue weighted by Crippen LogP contribution is -2.53. The van der Waals surface area contributed by atoms with Crippen molar-refractivity contribution in [3.05, 3.63) is 30.5 Å². The summed E-state index contributed by atoms with van der Waals surface area (Å²) in [5.74, 6) is 1.18. The maximum absolute atomic E-state index is 12.0. The van der Waals surface area contributed by atoms with Crippen LogP contribution in [0, 0.1) is 0 Å². The highest BCUT2D eigenvalue weighted by Gasteiger charge is 2.31. The van der Waals surface area contributed by atoms with Gasteiger partial charge in [0.2, 0.25) is 5.91 Å². The van der Waals surface area contributed by atoms with E-state index in [0.29, 0.717) is 0 Å². The van der Waals surface area contributed by atoms with Gasteiger partial charge in [-0.1, -0.05) is 6.07 Å². The summed E-state index contributed by atoms with van der Waals surface area (Å²) in [7, 11) is 2.06. The molecule has 2 aliphatic heterocycles. The molecular formula is C19H25N3O2. The molecule has 0 spiro atoms. The fourth-order valence-corrected chi connectivity index (χ4v) is 3.97. The fourth-order valence-electron chi connectivity index (χ4n) is 3.97. The van der Waals surface area contributed by atoms with Crippen LogP contribution in [-0.4, -0.2) is 47.2 Å². The van der Waals surface area contributed by atoms with Crippen molar-refractivity contribution in [1.82, 2.24) is 14.8 Å². The first-order chi connectivity index (χ1) is 11.7. The number of hydrogen-bond donors (Lipinski definition) is 1. The SMILES string of the molecule is Cn1ccc2c(OC3CCN(C4CCCNC4=O)CC3)cccc21. The van der Waals surface area contributed by atoms with E-state index in [1.54, 1.807) is 0 Å². The lowest BCUT2D eigenvalue weighted by Gasteiger charge is -2.38. The molecule has 2 aliphatic rings. The number of aryl methyl sites for hydroxylation is 1. The van der Waals surface area contributed by atoms with Crippen LogP contribution in [0.5, 0.6) is 5.75 Å². The third kappa shape index (κ3) is 2.88. The van der Waals surface area contributed by atoms with Crippen molar-refractivity contribution in [2.45, 2.75) is 37.8 Å². The number of nitrogens with zero attached hydrogens (tertiary/aromatic N) is 2.